The largest absolute Gasteiger partial charge is 0.294 e. The van der Waals surface area contributed by atoms with E-state index < -0.39 is 10.1 Å². The molecular formula is C38H70O3S. The quantitative estimate of drug-likeness (QED) is 0.0655. The minimum absolute atomic E-state index is 0.0698. The number of aryl methyl sites for hydroxylation is 1. The van der Waals surface area contributed by atoms with E-state index in [9.17, 15) is 13.0 Å². The Balaban J connectivity index is 1.71. The van der Waals surface area contributed by atoms with Crippen molar-refractivity contribution in [3.8, 4) is 0 Å². The third kappa shape index (κ3) is 24.6. The van der Waals surface area contributed by atoms with E-state index in [0.717, 1.165) is 24.8 Å². The first-order chi connectivity index (χ1) is 20.6. The molecule has 1 N–H and O–H groups in total. The summed E-state index contributed by atoms with van der Waals surface area (Å²) in [6.45, 7) is 2.30. The second-order valence-corrected chi connectivity index (χ2v) is 14.5. The first kappa shape index (κ1) is 39.2. The van der Waals surface area contributed by atoms with E-state index in [2.05, 4.69) is 6.92 Å². The first-order valence-electron chi connectivity index (χ1n) is 18.6. The number of unbranched alkanes of at least 4 members (excludes halogenated alkanes) is 29. The summed E-state index contributed by atoms with van der Waals surface area (Å²) >= 11 is 0. The van der Waals surface area contributed by atoms with E-state index >= 15 is 0 Å². The smallest absolute Gasteiger partial charge is 0.282 e. The molecule has 0 saturated heterocycles. The zero-order chi connectivity index (χ0) is 30.4. The van der Waals surface area contributed by atoms with Crippen molar-refractivity contribution in [2.24, 2.45) is 0 Å². The lowest BCUT2D eigenvalue weighted by molar-refractivity contribution is 0.481. The fourth-order valence-electron chi connectivity index (χ4n) is 6.30. The maximum Gasteiger partial charge on any atom is 0.294 e. The number of rotatable bonds is 32. The predicted octanol–water partition coefficient (Wildman–Crippen LogP) is 13.2. The van der Waals surface area contributed by atoms with Crippen molar-refractivity contribution in [2.75, 3.05) is 0 Å². The molecule has 1 aromatic rings. The highest BCUT2D eigenvalue weighted by Gasteiger charge is 2.13. The Kier molecular flexibility index (Phi) is 26.9. The molecule has 42 heavy (non-hydrogen) atoms. The van der Waals surface area contributed by atoms with E-state index in [4.69, 9.17) is 0 Å². The molecule has 0 heterocycles. The lowest BCUT2D eigenvalue weighted by Crippen LogP contribution is -2.03. The third-order valence-electron chi connectivity index (χ3n) is 9.05. The summed E-state index contributed by atoms with van der Waals surface area (Å²) in [5.41, 5.74) is 0.736. The highest BCUT2D eigenvalue weighted by atomic mass is 32.2. The van der Waals surface area contributed by atoms with Gasteiger partial charge in [0.25, 0.3) is 10.1 Å². The minimum atomic E-state index is -4.12. The predicted molar refractivity (Wildman–Crippen MR) is 184 cm³/mol. The molecule has 0 aliphatic rings. The van der Waals surface area contributed by atoms with Crippen LogP contribution in [-0.4, -0.2) is 13.0 Å². The van der Waals surface area contributed by atoms with Gasteiger partial charge in [-0.2, -0.15) is 8.42 Å². The standard InChI is InChI=1S/C38H70O3S/c1-2-3-4-5-6-7-8-9-10-11-12-13-14-15-16-17-18-19-20-21-22-23-24-25-26-27-28-29-30-31-34-37-35-32-33-36-38(37)42(39,40)41/h32-33,35-36H,2-31,34H2,1H3,(H,39,40,41). The van der Waals surface area contributed by atoms with Crippen LogP contribution in [0, 0.1) is 0 Å². The average molecular weight is 607 g/mol. The molecule has 0 saturated carbocycles. The fraction of sp³-hybridized carbons (Fsp3) is 0.842. The van der Waals surface area contributed by atoms with Crippen LogP contribution in [0.25, 0.3) is 0 Å². The molecule has 0 bridgehead atoms. The van der Waals surface area contributed by atoms with Crippen molar-refractivity contribution >= 4 is 10.1 Å². The van der Waals surface area contributed by atoms with E-state index in [1.807, 2.05) is 12.1 Å². The molecule has 0 spiro atoms. The van der Waals surface area contributed by atoms with Crippen LogP contribution in [0.15, 0.2) is 29.2 Å². The van der Waals surface area contributed by atoms with Gasteiger partial charge in [-0.15, -0.1) is 0 Å². The zero-order valence-corrected chi connectivity index (χ0v) is 28.7. The molecule has 0 aliphatic carbocycles. The second kappa shape index (κ2) is 28.9. The van der Waals surface area contributed by atoms with Crippen LogP contribution < -0.4 is 0 Å². The van der Waals surface area contributed by atoms with Gasteiger partial charge in [0.05, 0.1) is 4.90 Å². The topological polar surface area (TPSA) is 54.4 Å². The normalized spacial score (nSPS) is 11.9. The SMILES string of the molecule is CCCCCCCCCCCCCCCCCCCCCCCCCCCCCCCCc1ccccc1S(=O)(=O)O. The van der Waals surface area contributed by atoms with Gasteiger partial charge in [-0.3, -0.25) is 4.55 Å². The number of hydrogen-bond acceptors (Lipinski definition) is 2. The lowest BCUT2D eigenvalue weighted by atomic mass is 10.0. The van der Waals surface area contributed by atoms with Crippen molar-refractivity contribution in [2.45, 2.75) is 211 Å². The van der Waals surface area contributed by atoms with E-state index in [-0.39, 0.29) is 4.90 Å². The van der Waals surface area contributed by atoms with Crippen LogP contribution >= 0.6 is 0 Å². The van der Waals surface area contributed by atoms with Gasteiger partial charge >= 0.3 is 0 Å². The average Bonchev–Trinajstić information content (AvgIpc) is 2.98. The van der Waals surface area contributed by atoms with E-state index in [1.165, 1.54) is 186 Å². The molecular weight excluding hydrogens is 536 g/mol. The van der Waals surface area contributed by atoms with Crippen molar-refractivity contribution in [3.63, 3.8) is 0 Å². The van der Waals surface area contributed by atoms with Gasteiger partial charge in [0, 0.05) is 0 Å². The maximum absolute atomic E-state index is 11.5. The Morgan fingerprint density at radius 3 is 0.976 bits per heavy atom. The molecule has 0 fully saturated rings. The van der Waals surface area contributed by atoms with Crippen LogP contribution in [-0.2, 0) is 16.5 Å². The van der Waals surface area contributed by atoms with Crippen molar-refractivity contribution in [1.29, 1.82) is 0 Å². The zero-order valence-electron chi connectivity index (χ0n) is 27.9. The second-order valence-electron chi connectivity index (χ2n) is 13.1. The third-order valence-corrected chi connectivity index (χ3v) is 10.0. The minimum Gasteiger partial charge on any atom is -0.282 e. The number of benzene rings is 1. The molecule has 4 heteroatoms. The van der Waals surface area contributed by atoms with Crippen LogP contribution in [0.4, 0.5) is 0 Å². The maximum atomic E-state index is 11.5. The summed E-state index contributed by atoms with van der Waals surface area (Å²) in [5, 5.41) is 0. The van der Waals surface area contributed by atoms with Gasteiger partial charge in [0.2, 0.25) is 0 Å². The summed E-state index contributed by atoms with van der Waals surface area (Å²) < 4.78 is 32.3. The molecule has 0 amide bonds. The summed E-state index contributed by atoms with van der Waals surface area (Å²) in [7, 11) is -4.12. The molecule has 0 radical (unpaired) electrons. The fourth-order valence-corrected chi connectivity index (χ4v) is 7.05. The van der Waals surface area contributed by atoms with Gasteiger partial charge in [0.15, 0.2) is 0 Å². The van der Waals surface area contributed by atoms with Crippen molar-refractivity contribution in [1.82, 2.24) is 0 Å². The molecule has 246 valence electrons. The monoisotopic (exact) mass is 607 g/mol. The highest BCUT2D eigenvalue weighted by molar-refractivity contribution is 7.85. The van der Waals surface area contributed by atoms with Crippen LogP contribution in [0.3, 0.4) is 0 Å². The Labute approximate surface area is 263 Å². The van der Waals surface area contributed by atoms with Crippen molar-refractivity contribution < 1.29 is 13.0 Å². The van der Waals surface area contributed by atoms with Gasteiger partial charge in [-0.05, 0) is 24.5 Å². The summed E-state index contributed by atoms with van der Waals surface area (Å²) in [5.74, 6) is 0. The first-order valence-corrected chi connectivity index (χ1v) is 20.0. The van der Waals surface area contributed by atoms with Crippen LogP contribution in [0.2, 0.25) is 0 Å². The van der Waals surface area contributed by atoms with E-state index in [0.29, 0.717) is 0 Å². The van der Waals surface area contributed by atoms with Gasteiger partial charge in [-0.1, -0.05) is 211 Å². The molecule has 1 rings (SSSR count). The molecule has 0 atom stereocenters. The van der Waals surface area contributed by atoms with Gasteiger partial charge in [-0.25, -0.2) is 0 Å². The number of hydrogen-bond donors (Lipinski definition) is 1. The van der Waals surface area contributed by atoms with Crippen molar-refractivity contribution in [3.05, 3.63) is 29.8 Å². The lowest BCUT2D eigenvalue weighted by Gasteiger charge is -2.07. The molecule has 0 unspecified atom stereocenters. The summed E-state index contributed by atoms with van der Waals surface area (Å²) in [6.07, 6.45) is 42.7. The highest BCUT2D eigenvalue weighted by Crippen LogP contribution is 2.19. The van der Waals surface area contributed by atoms with Gasteiger partial charge < -0.3 is 0 Å². The Bertz CT molecular complexity index is 804. The Morgan fingerprint density at radius 1 is 0.429 bits per heavy atom. The summed E-state index contributed by atoms with van der Waals surface area (Å²) in [4.78, 5) is 0.0698. The molecule has 3 nitrogen and oxygen atoms in total. The molecule has 0 aliphatic heterocycles. The van der Waals surface area contributed by atoms with E-state index in [1.54, 1.807) is 6.07 Å². The molecule has 1 aromatic carbocycles. The van der Waals surface area contributed by atoms with Crippen LogP contribution in [0.1, 0.15) is 205 Å². The Hall–Kier alpha value is -0.870. The Morgan fingerprint density at radius 2 is 0.690 bits per heavy atom. The summed E-state index contributed by atoms with van der Waals surface area (Å²) in [6, 6.07) is 6.81. The van der Waals surface area contributed by atoms with Crippen LogP contribution in [0.5, 0.6) is 0 Å². The van der Waals surface area contributed by atoms with Gasteiger partial charge in [0.1, 0.15) is 0 Å². The molecule has 0 aromatic heterocycles.